The molecule has 1 saturated heterocycles. The van der Waals surface area contributed by atoms with Gasteiger partial charge in [-0.25, -0.2) is 0 Å². The Kier molecular flexibility index (Phi) is 4.81. The molecule has 1 aliphatic heterocycles. The van der Waals surface area contributed by atoms with E-state index in [2.05, 4.69) is 21.4 Å². The molecule has 0 aliphatic carbocycles. The summed E-state index contributed by atoms with van der Waals surface area (Å²) in [5.41, 5.74) is 1.95. The van der Waals surface area contributed by atoms with Gasteiger partial charge in [-0.2, -0.15) is 5.10 Å². The molecular formula is C17H25N5O. The lowest BCUT2D eigenvalue weighted by Gasteiger charge is -2.36. The van der Waals surface area contributed by atoms with Crippen molar-refractivity contribution in [3.63, 3.8) is 0 Å². The van der Waals surface area contributed by atoms with Crippen molar-refractivity contribution in [2.45, 2.75) is 31.8 Å². The largest absolute Gasteiger partial charge is 0.354 e. The van der Waals surface area contributed by atoms with Gasteiger partial charge in [0, 0.05) is 38.7 Å². The predicted octanol–water partition coefficient (Wildman–Crippen LogP) is 1.81. The second-order valence-corrected chi connectivity index (χ2v) is 6.10. The predicted molar refractivity (Wildman–Crippen MR) is 89.2 cm³/mol. The van der Waals surface area contributed by atoms with Crippen LogP contribution in [0.3, 0.4) is 0 Å². The maximum Gasteiger partial charge on any atom is 0.267 e. The monoisotopic (exact) mass is 315 g/mol. The van der Waals surface area contributed by atoms with E-state index < -0.39 is 0 Å². The minimum Gasteiger partial charge on any atom is -0.354 e. The number of hydrogen-bond acceptors (Lipinski definition) is 3. The standard InChI is InChI=1S/C17H25N5O/c1-18-17(23)16-8-7-14(20(16)2)15-6-3-4-10-21(15)12-13-22-11-5-9-19-22/h5,7-9,11,15H,3-4,6,10,12-13H2,1-2H3,(H,18,23)/t15-/m1/s1. The number of rotatable bonds is 5. The third-order valence-corrected chi connectivity index (χ3v) is 4.75. The first-order chi connectivity index (χ1) is 11.2. The van der Waals surface area contributed by atoms with Crippen LogP contribution >= 0.6 is 0 Å². The lowest BCUT2D eigenvalue weighted by molar-refractivity contribution is 0.0952. The van der Waals surface area contributed by atoms with Crippen LogP contribution in [-0.4, -0.2) is 45.3 Å². The van der Waals surface area contributed by atoms with Gasteiger partial charge in [0.15, 0.2) is 0 Å². The Morgan fingerprint density at radius 2 is 2.22 bits per heavy atom. The number of nitrogens with zero attached hydrogens (tertiary/aromatic N) is 4. The molecule has 1 atom stereocenters. The van der Waals surface area contributed by atoms with Gasteiger partial charge < -0.3 is 9.88 Å². The van der Waals surface area contributed by atoms with Gasteiger partial charge in [-0.3, -0.25) is 14.4 Å². The van der Waals surface area contributed by atoms with Gasteiger partial charge in [-0.1, -0.05) is 6.42 Å². The molecule has 0 saturated carbocycles. The van der Waals surface area contributed by atoms with E-state index in [1.54, 1.807) is 7.05 Å². The molecule has 1 N–H and O–H groups in total. The summed E-state index contributed by atoms with van der Waals surface area (Å²) in [7, 11) is 3.66. The molecule has 6 nitrogen and oxygen atoms in total. The smallest absolute Gasteiger partial charge is 0.267 e. The van der Waals surface area contributed by atoms with E-state index in [0.717, 1.165) is 31.7 Å². The van der Waals surface area contributed by atoms with Gasteiger partial charge in [0.1, 0.15) is 5.69 Å². The zero-order chi connectivity index (χ0) is 16.2. The molecule has 0 radical (unpaired) electrons. The van der Waals surface area contributed by atoms with E-state index in [9.17, 15) is 4.79 Å². The quantitative estimate of drug-likeness (QED) is 0.915. The number of aromatic nitrogens is 3. The Morgan fingerprint density at radius 3 is 2.96 bits per heavy atom. The van der Waals surface area contributed by atoms with Gasteiger partial charge in [-0.05, 0) is 37.6 Å². The zero-order valence-electron chi connectivity index (χ0n) is 13.9. The molecule has 3 heterocycles. The normalized spacial score (nSPS) is 19.0. The van der Waals surface area contributed by atoms with Crippen LogP contribution < -0.4 is 5.32 Å². The Hall–Kier alpha value is -2.08. The first kappa shape index (κ1) is 15.8. The van der Waals surface area contributed by atoms with Crippen LogP contribution in [0.25, 0.3) is 0 Å². The highest BCUT2D eigenvalue weighted by molar-refractivity contribution is 5.92. The summed E-state index contributed by atoms with van der Waals surface area (Å²) in [6, 6.07) is 6.36. The summed E-state index contributed by atoms with van der Waals surface area (Å²) in [5, 5.41) is 6.99. The van der Waals surface area contributed by atoms with E-state index in [1.807, 2.05) is 40.8 Å². The molecule has 6 heteroatoms. The molecule has 0 aromatic carbocycles. The molecule has 0 bridgehead atoms. The minimum absolute atomic E-state index is 0.0300. The fourth-order valence-electron chi connectivity index (χ4n) is 3.47. The molecule has 124 valence electrons. The molecule has 2 aromatic heterocycles. The van der Waals surface area contributed by atoms with Gasteiger partial charge in [0.25, 0.3) is 5.91 Å². The van der Waals surface area contributed by atoms with Gasteiger partial charge >= 0.3 is 0 Å². The van der Waals surface area contributed by atoms with Gasteiger partial charge in [0.2, 0.25) is 0 Å². The topological polar surface area (TPSA) is 55.1 Å². The summed E-state index contributed by atoms with van der Waals surface area (Å²) in [6.07, 6.45) is 7.45. The van der Waals surface area contributed by atoms with E-state index in [4.69, 9.17) is 0 Å². The number of nitrogens with one attached hydrogen (secondary N) is 1. The van der Waals surface area contributed by atoms with Crippen molar-refractivity contribution < 1.29 is 4.79 Å². The van der Waals surface area contributed by atoms with Crippen LogP contribution in [-0.2, 0) is 13.6 Å². The molecule has 0 spiro atoms. The van der Waals surface area contributed by atoms with Crippen LogP contribution in [0.5, 0.6) is 0 Å². The SMILES string of the molecule is CNC(=O)c1ccc([C@H]2CCCCN2CCn2cccn2)n1C. The van der Waals surface area contributed by atoms with Crippen molar-refractivity contribution in [2.24, 2.45) is 7.05 Å². The average molecular weight is 315 g/mol. The highest BCUT2D eigenvalue weighted by atomic mass is 16.1. The van der Waals surface area contributed by atoms with Gasteiger partial charge in [-0.15, -0.1) is 0 Å². The zero-order valence-corrected chi connectivity index (χ0v) is 13.9. The lowest BCUT2D eigenvalue weighted by Crippen LogP contribution is -2.37. The van der Waals surface area contributed by atoms with E-state index in [-0.39, 0.29) is 5.91 Å². The van der Waals surface area contributed by atoms with Crippen LogP contribution in [0.2, 0.25) is 0 Å². The van der Waals surface area contributed by atoms with Crippen LogP contribution in [0.15, 0.2) is 30.6 Å². The highest BCUT2D eigenvalue weighted by Gasteiger charge is 2.27. The Morgan fingerprint density at radius 1 is 1.35 bits per heavy atom. The third-order valence-electron chi connectivity index (χ3n) is 4.75. The number of hydrogen-bond donors (Lipinski definition) is 1. The third kappa shape index (κ3) is 3.32. The minimum atomic E-state index is -0.0300. The van der Waals surface area contributed by atoms with Crippen LogP contribution in [0, 0.1) is 0 Å². The maximum absolute atomic E-state index is 11.9. The Labute approximate surface area is 137 Å². The molecule has 0 unspecified atom stereocenters. The first-order valence-corrected chi connectivity index (χ1v) is 8.30. The molecule has 3 rings (SSSR count). The van der Waals surface area contributed by atoms with Crippen LogP contribution in [0.1, 0.15) is 41.5 Å². The Bertz CT molecular complexity index is 646. The second kappa shape index (κ2) is 7.00. The summed E-state index contributed by atoms with van der Waals surface area (Å²) in [4.78, 5) is 14.5. The molecule has 23 heavy (non-hydrogen) atoms. The molecule has 1 aliphatic rings. The van der Waals surface area contributed by atoms with E-state index in [0.29, 0.717) is 6.04 Å². The second-order valence-electron chi connectivity index (χ2n) is 6.10. The van der Waals surface area contributed by atoms with Gasteiger partial charge in [0.05, 0.1) is 12.6 Å². The number of amides is 1. The van der Waals surface area contributed by atoms with Crippen molar-refractivity contribution in [2.75, 3.05) is 20.1 Å². The average Bonchev–Trinajstić information content (AvgIpc) is 3.22. The van der Waals surface area contributed by atoms with Crippen molar-refractivity contribution >= 4 is 5.91 Å². The molecule has 1 fully saturated rings. The van der Waals surface area contributed by atoms with E-state index >= 15 is 0 Å². The summed E-state index contributed by atoms with van der Waals surface area (Å²) >= 11 is 0. The van der Waals surface area contributed by atoms with E-state index in [1.165, 1.54) is 18.5 Å². The van der Waals surface area contributed by atoms with Crippen molar-refractivity contribution in [3.8, 4) is 0 Å². The van der Waals surface area contributed by atoms with Crippen molar-refractivity contribution in [3.05, 3.63) is 42.0 Å². The number of carbonyl (C=O) groups excluding carboxylic acids is 1. The van der Waals surface area contributed by atoms with Crippen molar-refractivity contribution in [1.29, 1.82) is 0 Å². The number of piperidine rings is 1. The fraction of sp³-hybridized carbons (Fsp3) is 0.529. The summed E-state index contributed by atoms with van der Waals surface area (Å²) < 4.78 is 4.02. The Balaban J connectivity index is 1.75. The molecular weight excluding hydrogens is 290 g/mol. The summed E-state index contributed by atoms with van der Waals surface area (Å²) in [6.45, 7) is 2.98. The first-order valence-electron chi connectivity index (χ1n) is 8.30. The summed E-state index contributed by atoms with van der Waals surface area (Å²) in [5.74, 6) is -0.0300. The molecule has 2 aromatic rings. The fourth-order valence-corrected chi connectivity index (χ4v) is 3.47. The number of likely N-dealkylation sites (tertiary alicyclic amines) is 1. The number of carbonyl (C=O) groups is 1. The highest BCUT2D eigenvalue weighted by Crippen LogP contribution is 2.31. The molecule has 1 amide bonds. The van der Waals surface area contributed by atoms with Crippen molar-refractivity contribution in [1.82, 2.24) is 24.6 Å². The van der Waals surface area contributed by atoms with Crippen LogP contribution in [0.4, 0.5) is 0 Å². The lowest BCUT2D eigenvalue weighted by atomic mass is 9.99. The maximum atomic E-state index is 11.9.